The third kappa shape index (κ3) is 2.10. The Kier molecular flexibility index (Phi) is 3.08. The Balaban J connectivity index is 2.10. The maximum absolute atomic E-state index is 10.6. The van der Waals surface area contributed by atoms with Crippen LogP contribution in [0.25, 0.3) is 10.9 Å². The van der Waals surface area contributed by atoms with Gasteiger partial charge in [-0.15, -0.1) is 0 Å². The molecule has 20 heavy (non-hydrogen) atoms. The van der Waals surface area contributed by atoms with Gasteiger partial charge in [0.25, 0.3) is 0 Å². The maximum atomic E-state index is 10.6. The minimum absolute atomic E-state index is 0.365. The molecule has 0 aliphatic heterocycles. The fraction of sp³-hybridized carbons (Fsp3) is 0.125. The minimum atomic E-state index is -0.784. The molecule has 0 amide bonds. The molecule has 0 saturated carbocycles. The number of nitrogens with two attached hydrogens (primary N) is 1. The van der Waals surface area contributed by atoms with Crippen molar-refractivity contribution in [1.29, 1.82) is 0 Å². The monoisotopic (exact) mass is 265 g/mol. The maximum Gasteiger partial charge on any atom is 0.129 e. The molecule has 4 nitrogen and oxygen atoms in total. The third-order valence-electron chi connectivity index (χ3n) is 3.46. The predicted molar refractivity (Wildman–Crippen MR) is 79.2 cm³/mol. The Hall–Kier alpha value is -2.46. The van der Waals surface area contributed by atoms with Crippen LogP contribution >= 0.6 is 0 Å². The lowest BCUT2D eigenvalue weighted by molar-refractivity contribution is 0.220. The number of aryl methyl sites for hydroxylation is 1. The first-order valence-electron chi connectivity index (χ1n) is 6.40. The van der Waals surface area contributed by atoms with Crippen LogP contribution in [-0.4, -0.2) is 15.1 Å². The number of rotatable bonds is 2. The molecule has 0 fully saturated rings. The SMILES string of the molecule is Cc1ccnc(N)c1C(O)c1ccc2ncccc2c1. The summed E-state index contributed by atoms with van der Waals surface area (Å²) in [5.41, 5.74) is 9.17. The van der Waals surface area contributed by atoms with Gasteiger partial charge in [0.1, 0.15) is 11.9 Å². The van der Waals surface area contributed by atoms with Gasteiger partial charge in [-0.05, 0) is 42.3 Å². The van der Waals surface area contributed by atoms with Crippen molar-refractivity contribution < 1.29 is 5.11 Å². The lowest BCUT2D eigenvalue weighted by Crippen LogP contribution is -2.07. The molecule has 0 aliphatic carbocycles. The van der Waals surface area contributed by atoms with Crippen LogP contribution in [0.4, 0.5) is 5.82 Å². The van der Waals surface area contributed by atoms with Gasteiger partial charge in [0.2, 0.25) is 0 Å². The molecule has 1 unspecified atom stereocenters. The van der Waals surface area contributed by atoms with Crippen molar-refractivity contribution in [3.05, 3.63) is 65.5 Å². The molecule has 1 atom stereocenters. The number of hydrogen-bond donors (Lipinski definition) is 2. The highest BCUT2D eigenvalue weighted by Gasteiger charge is 2.17. The second kappa shape index (κ2) is 4.90. The molecule has 3 N–H and O–H groups in total. The number of nitrogens with zero attached hydrogens (tertiary/aromatic N) is 2. The Morgan fingerprint density at radius 2 is 1.95 bits per heavy atom. The van der Waals surface area contributed by atoms with Crippen LogP contribution in [0.2, 0.25) is 0 Å². The Bertz CT molecular complexity index is 750. The zero-order chi connectivity index (χ0) is 14.1. The molecule has 0 bridgehead atoms. The Morgan fingerprint density at radius 3 is 2.75 bits per heavy atom. The lowest BCUT2D eigenvalue weighted by atomic mass is 9.97. The number of nitrogen functional groups attached to an aromatic ring is 1. The minimum Gasteiger partial charge on any atom is -0.384 e. The van der Waals surface area contributed by atoms with E-state index >= 15 is 0 Å². The second-order valence-electron chi connectivity index (χ2n) is 4.78. The summed E-state index contributed by atoms with van der Waals surface area (Å²) in [5.74, 6) is 0.365. The molecule has 0 radical (unpaired) electrons. The van der Waals surface area contributed by atoms with E-state index in [2.05, 4.69) is 9.97 Å². The summed E-state index contributed by atoms with van der Waals surface area (Å²) in [6.45, 7) is 1.92. The molecule has 0 aliphatic rings. The van der Waals surface area contributed by atoms with Gasteiger partial charge in [0.05, 0.1) is 5.52 Å². The molecule has 100 valence electrons. The van der Waals surface area contributed by atoms with E-state index in [1.165, 1.54) is 0 Å². The van der Waals surface area contributed by atoms with Crippen LogP contribution in [0.3, 0.4) is 0 Å². The van der Waals surface area contributed by atoms with Crippen molar-refractivity contribution in [1.82, 2.24) is 9.97 Å². The summed E-state index contributed by atoms with van der Waals surface area (Å²) in [6, 6.07) is 11.4. The molecule has 4 heteroatoms. The smallest absolute Gasteiger partial charge is 0.129 e. The van der Waals surface area contributed by atoms with Gasteiger partial charge in [0, 0.05) is 23.3 Å². The van der Waals surface area contributed by atoms with E-state index in [1.807, 2.05) is 43.3 Å². The Morgan fingerprint density at radius 1 is 1.10 bits per heavy atom. The quantitative estimate of drug-likeness (QED) is 0.747. The van der Waals surface area contributed by atoms with Crippen molar-refractivity contribution in [3.63, 3.8) is 0 Å². The molecular weight excluding hydrogens is 250 g/mol. The summed E-state index contributed by atoms with van der Waals surface area (Å²) in [4.78, 5) is 8.33. The van der Waals surface area contributed by atoms with E-state index in [4.69, 9.17) is 5.73 Å². The van der Waals surface area contributed by atoms with Crippen LogP contribution in [0.1, 0.15) is 22.8 Å². The highest BCUT2D eigenvalue weighted by molar-refractivity contribution is 5.79. The van der Waals surface area contributed by atoms with E-state index in [1.54, 1.807) is 12.4 Å². The number of benzene rings is 1. The van der Waals surface area contributed by atoms with Crippen LogP contribution < -0.4 is 5.73 Å². The largest absolute Gasteiger partial charge is 0.384 e. The molecule has 2 heterocycles. The Labute approximate surface area is 116 Å². The van der Waals surface area contributed by atoms with E-state index in [9.17, 15) is 5.11 Å². The van der Waals surface area contributed by atoms with Crippen molar-refractivity contribution >= 4 is 16.7 Å². The average Bonchev–Trinajstić information content (AvgIpc) is 2.46. The number of aromatic nitrogens is 2. The van der Waals surface area contributed by atoms with Crippen LogP contribution in [0.15, 0.2) is 48.8 Å². The first kappa shape index (κ1) is 12.6. The van der Waals surface area contributed by atoms with Crippen LogP contribution in [0.5, 0.6) is 0 Å². The van der Waals surface area contributed by atoms with E-state index in [-0.39, 0.29) is 0 Å². The fourth-order valence-electron chi connectivity index (χ4n) is 2.38. The summed E-state index contributed by atoms with van der Waals surface area (Å²) >= 11 is 0. The molecular formula is C16H15N3O. The molecule has 1 aromatic carbocycles. The second-order valence-corrected chi connectivity index (χ2v) is 4.78. The summed E-state index contributed by atoms with van der Waals surface area (Å²) in [7, 11) is 0. The van der Waals surface area contributed by atoms with Gasteiger partial charge >= 0.3 is 0 Å². The topological polar surface area (TPSA) is 72.0 Å². The van der Waals surface area contributed by atoms with E-state index < -0.39 is 6.10 Å². The number of fused-ring (bicyclic) bond motifs is 1. The third-order valence-corrected chi connectivity index (χ3v) is 3.46. The first-order valence-corrected chi connectivity index (χ1v) is 6.40. The average molecular weight is 265 g/mol. The normalized spacial score (nSPS) is 12.5. The molecule has 3 aromatic rings. The number of hydrogen-bond acceptors (Lipinski definition) is 4. The first-order chi connectivity index (χ1) is 9.66. The molecule has 3 rings (SSSR count). The van der Waals surface area contributed by atoms with Gasteiger partial charge in [-0.3, -0.25) is 4.98 Å². The highest BCUT2D eigenvalue weighted by Crippen LogP contribution is 2.29. The number of aliphatic hydroxyl groups excluding tert-OH is 1. The molecule has 0 saturated heterocycles. The summed E-state index contributed by atoms with van der Waals surface area (Å²) < 4.78 is 0. The van der Waals surface area contributed by atoms with E-state index in [0.29, 0.717) is 11.4 Å². The molecule has 0 spiro atoms. The van der Waals surface area contributed by atoms with Gasteiger partial charge in [0.15, 0.2) is 0 Å². The van der Waals surface area contributed by atoms with Gasteiger partial charge in [-0.2, -0.15) is 0 Å². The van der Waals surface area contributed by atoms with E-state index in [0.717, 1.165) is 22.0 Å². The van der Waals surface area contributed by atoms with Crippen LogP contribution in [0, 0.1) is 6.92 Å². The zero-order valence-corrected chi connectivity index (χ0v) is 11.1. The van der Waals surface area contributed by atoms with Crippen LogP contribution in [-0.2, 0) is 0 Å². The number of pyridine rings is 2. The summed E-state index contributed by atoms with van der Waals surface area (Å²) in [6.07, 6.45) is 2.61. The zero-order valence-electron chi connectivity index (χ0n) is 11.1. The van der Waals surface area contributed by atoms with Gasteiger partial charge < -0.3 is 10.8 Å². The standard InChI is InChI=1S/C16H15N3O/c1-10-6-8-19-16(17)14(10)15(20)12-4-5-13-11(9-12)3-2-7-18-13/h2-9,15,20H,1H3,(H2,17,19). The molecule has 2 aromatic heterocycles. The lowest BCUT2D eigenvalue weighted by Gasteiger charge is -2.16. The predicted octanol–water partition coefficient (Wildman–Crippen LogP) is 2.60. The summed E-state index contributed by atoms with van der Waals surface area (Å²) in [5, 5.41) is 11.6. The van der Waals surface area contributed by atoms with Gasteiger partial charge in [-0.1, -0.05) is 12.1 Å². The van der Waals surface area contributed by atoms with Crippen molar-refractivity contribution in [2.24, 2.45) is 0 Å². The van der Waals surface area contributed by atoms with Crippen molar-refractivity contribution in [2.45, 2.75) is 13.0 Å². The number of anilines is 1. The number of aliphatic hydroxyl groups is 1. The highest BCUT2D eigenvalue weighted by atomic mass is 16.3. The van der Waals surface area contributed by atoms with Gasteiger partial charge in [-0.25, -0.2) is 4.98 Å². The fourth-order valence-corrected chi connectivity index (χ4v) is 2.38. The van der Waals surface area contributed by atoms with Crippen molar-refractivity contribution in [2.75, 3.05) is 5.73 Å². The van der Waals surface area contributed by atoms with Crippen molar-refractivity contribution in [3.8, 4) is 0 Å².